The fraction of sp³-hybridized carbons (Fsp3) is 0.682. The molecule has 5 nitrogen and oxygen atoms in total. The fourth-order valence-corrected chi connectivity index (χ4v) is 4.07. The van der Waals surface area contributed by atoms with Crippen molar-refractivity contribution in [3.8, 4) is 0 Å². The van der Waals surface area contributed by atoms with Gasteiger partial charge >= 0.3 is 0 Å². The van der Waals surface area contributed by atoms with E-state index in [9.17, 15) is 0 Å². The van der Waals surface area contributed by atoms with Gasteiger partial charge in [-0.3, -0.25) is 9.89 Å². The number of morpholine rings is 1. The smallest absolute Gasteiger partial charge is 0.191 e. The van der Waals surface area contributed by atoms with Crippen LogP contribution in [0.3, 0.4) is 0 Å². The molecule has 5 heteroatoms. The fourth-order valence-electron chi connectivity index (χ4n) is 4.07. The zero-order valence-corrected chi connectivity index (χ0v) is 17.3. The Kier molecular flexibility index (Phi) is 7.53. The van der Waals surface area contributed by atoms with Gasteiger partial charge in [0.15, 0.2) is 5.96 Å². The van der Waals surface area contributed by atoms with Crippen molar-refractivity contribution >= 4 is 5.96 Å². The lowest BCUT2D eigenvalue weighted by atomic mass is 9.89. The van der Waals surface area contributed by atoms with Gasteiger partial charge < -0.3 is 15.4 Å². The highest BCUT2D eigenvalue weighted by Gasteiger charge is 2.16. The lowest BCUT2D eigenvalue weighted by molar-refractivity contribution is 0.0320. The third kappa shape index (κ3) is 5.94. The molecular weight excluding hydrogens is 336 g/mol. The van der Waals surface area contributed by atoms with Gasteiger partial charge in [-0.2, -0.15) is 0 Å². The van der Waals surface area contributed by atoms with Crippen molar-refractivity contribution in [2.45, 2.75) is 45.6 Å². The summed E-state index contributed by atoms with van der Waals surface area (Å²) in [5.74, 6) is 1.45. The van der Waals surface area contributed by atoms with Crippen LogP contribution in [0.4, 0.5) is 0 Å². The summed E-state index contributed by atoms with van der Waals surface area (Å²) in [6.07, 6.45) is 5.12. The summed E-state index contributed by atoms with van der Waals surface area (Å²) in [7, 11) is 1.85. The van der Waals surface area contributed by atoms with E-state index in [1.165, 1.54) is 42.4 Å². The Hall–Kier alpha value is -1.59. The van der Waals surface area contributed by atoms with Gasteiger partial charge in [0.05, 0.1) is 19.3 Å². The summed E-state index contributed by atoms with van der Waals surface area (Å²) in [5, 5.41) is 7.06. The number of fused-ring (bicyclic) bond motifs is 1. The third-order valence-corrected chi connectivity index (χ3v) is 5.74. The standard InChI is InChI=1S/C22H36N4O/c1-17(16-26-10-12-27-13-11-26)15-24-22(23-3)25-18(2)20-9-8-19-6-4-5-7-21(19)14-20/h8-9,14,17-18H,4-7,10-13,15-16H2,1-3H3,(H2,23,24,25). The third-order valence-electron chi connectivity index (χ3n) is 5.74. The van der Waals surface area contributed by atoms with Crippen molar-refractivity contribution < 1.29 is 4.74 Å². The van der Waals surface area contributed by atoms with Crippen molar-refractivity contribution in [1.29, 1.82) is 0 Å². The highest BCUT2D eigenvalue weighted by Crippen LogP contribution is 2.24. The number of nitrogens with one attached hydrogen (secondary N) is 2. The van der Waals surface area contributed by atoms with Crippen LogP contribution in [-0.4, -0.2) is 57.3 Å². The second-order valence-electron chi connectivity index (χ2n) is 8.07. The molecule has 1 fully saturated rings. The maximum absolute atomic E-state index is 5.43. The van der Waals surface area contributed by atoms with Gasteiger partial charge in [-0.25, -0.2) is 0 Å². The number of hydrogen-bond acceptors (Lipinski definition) is 3. The maximum atomic E-state index is 5.43. The molecule has 2 N–H and O–H groups in total. The molecule has 1 aliphatic carbocycles. The highest BCUT2D eigenvalue weighted by atomic mass is 16.5. The number of guanidine groups is 1. The van der Waals surface area contributed by atoms with Crippen molar-refractivity contribution in [2.24, 2.45) is 10.9 Å². The molecule has 2 aliphatic rings. The van der Waals surface area contributed by atoms with E-state index in [1.807, 2.05) is 7.05 Å². The molecule has 0 radical (unpaired) electrons. The van der Waals surface area contributed by atoms with Crippen LogP contribution in [0, 0.1) is 5.92 Å². The lowest BCUT2D eigenvalue weighted by Crippen LogP contribution is -2.44. The Labute approximate surface area is 164 Å². The molecule has 0 saturated carbocycles. The van der Waals surface area contributed by atoms with Crippen LogP contribution in [0.15, 0.2) is 23.2 Å². The molecule has 0 bridgehead atoms. The van der Waals surface area contributed by atoms with Crippen LogP contribution in [0.25, 0.3) is 0 Å². The molecule has 2 unspecified atom stereocenters. The van der Waals surface area contributed by atoms with Crippen LogP contribution >= 0.6 is 0 Å². The SMILES string of the molecule is CN=C(NCC(C)CN1CCOCC1)NC(C)c1ccc2c(c1)CCCC2. The summed E-state index contributed by atoms with van der Waals surface area (Å²) in [5.41, 5.74) is 4.42. The first-order valence-electron chi connectivity index (χ1n) is 10.5. The van der Waals surface area contributed by atoms with Crippen molar-refractivity contribution in [3.63, 3.8) is 0 Å². The van der Waals surface area contributed by atoms with E-state index in [4.69, 9.17) is 4.74 Å². The topological polar surface area (TPSA) is 48.9 Å². The van der Waals surface area contributed by atoms with Crippen LogP contribution < -0.4 is 10.6 Å². The van der Waals surface area contributed by atoms with Crippen LogP contribution in [-0.2, 0) is 17.6 Å². The largest absolute Gasteiger partial charge is 0.379 e. The second-order valence-corrected chi connectivity index (χ2v) is 8.07. The average Bonchev–Trinajstić information content (AvgIpc) is 2.71. The van der Waals surface area contributed by atoms with E-state index in [0.717, 1.165) is 45.4 Å². The average molecular weight is 373 g/mol. The molecule has 1 aromatic rings. The highest BCUT2D eigenvalue weighted by molar-refractivity contribution is 5.80. The summed E-state index contributed by atoms with van der Waals surface area (Å²) in [6, 6.07) is 7.23. The Balaban J connectivity index is 1.47. The molecule has 1 aliphatic heterocycles. The van der Waals surface area contributed by atoms with Gasteiger partial charge in [0.1, 0.15) is 0 Å². The molecule has 0 spiro atoms. The Morgan fingerprint density at radius 3 is 2.63 bits per heavy atom. The first-order valence-corrected chi connectivity index (χ1v) is 10.5. The van der Waals surface area contributed by atoms with E-state index < -0.39 is 0 Å². The van der Waals surface area contributed by atoms with Gasteiger partial charge in [0.25, 0.3) is 0 Å². The molecule has 3 rings (SSSR count). The first kappa shape index (κ1) is 20.2. The Morgan fingerprint density at radius 2 is 1.89 bits per heavy atom. The molecule has 150 valence electrons. The molecule has 0 aromatic heterocycles. The van der Waals surface area contributed by atoms with Gasteiger partial charge in [-0.15, -0.1) is 0 Å². The van der Waals surface area contributed by atoms with Gasteiger partial charge in [-0.05, 0) is 55.2 Å². The Morgan fingerprint density at radius 1 is 1.15 bits per heavy atom. The van der Waals surface area contributed by atoms with Crippen LogP contribution in [0.1, 0.15) is 49.4 Å². The van der Waals surface area contributed by atoms with E-state index in [1.54, 1.807) is 0 Å². The molecule has 1 heterocycles. The summed E-state index contributed by atoms with van der Waals surface area (Å²) in [4.78, 5) is 6.91. The minimum Gasteiger partial charge on any atom is -0.379 e. The molecule has 1 saturated heterocycles. The minimum atomic E-state index is 0.248. The van der Waals surface area contributed by atoms with Gasteiger partial charge in [0, 0.05) is 33.2 Å². The molecular formula is C22H36N4O. The summed E-state index contributed by atoms with van der Waals surface area (Å²) < 4.78 is 5.43. The molecule has 1 aromatic carbocycles. The number of benzene rings is 1. The predicted molar refractivity (Wildman–Crippen MR) is 112 cm³/mol. The van der Waals surface area contributed by atoms with E-state index in [2.05, 4.69) is 52.6 Å². The zero-order chi connectivity index (χ0) is 19.1. The van der Waals surface area contributed by atoms with Crippen molar-refractivity contribution in [2.75, 3.05) is 46.4 Å². The second kappa shape index (κ2) is 10.1. The lowest BCUT2D eigenvalue weighted by Gasteiger charge is -2.29. The van der Waals surface area contributed by atoms with Crippen LogP contribution in [0.5, 0.6) is 0 Å². The quantitative estimate of drug-likeness (QED) is 0.595. The zero-order valence-electron chi connectivity index (χ0n) is 17.3. The van der Waals surface area contributed by atoms with E-state index in [-0.39, 0.29) is 6.04 Å². The monoisotopic (exact) mass is 372 g/mol. The molecule has 2 atom stereocenters. The van der Waals surface area contributed by atoms with Crippen molar-refractivity contribution in [3.05, 3.63) is 34.9 Å². The summed E-state index contributed by atoms with van der Waals surface area (Å²) in [6.45, 7) is 10.4. The summed E-state index contributed by atoms with van der Waals surface area (Å²) >= 11 is 0. The Bertz CT molecular complexity index is 625. The minimum absolute atomic E-state index is 0.248. The number of rotatable bonds is 6. The van der Waals surface area contributed by atoms with Crippen LogP contribution in [0.2, 0.25) is 0 Å². The number of nitrogens with zero attached hydrogens (tertiary/aromatic N) is 2. The number of hydrogen-bond donors (Lipinski definition) is 2. The van der Waals surface area contributed by atoms with Gasteiger partial charge in [-0.1, -0.05) is 25.1 Å². The number of ether oxygens (including phenoxy) is 1. The van der Waals surface area contributed by atoms with E-state index in [0.29, 0.717) is 5.92 Å². The number of aryl methyl sites for hydroxylation is 2. The van der Waals surface area contributed by atoms with Gasteiger partial charge in [0.2, 0.25) is 0 Å². The molecule has 0 amide bonds. The maximum Gasteiger partial charge on any atom is 0.191 e. The first-order chi connectivity index (χ1) is 13.2. The van der Waals surface area contributed by atoms with E-state index >= 15 is 0 Å². The number of aliphatic imine (C=N–C) groups is 1. The normalized spacial score (nSPS) is 20.6. The predicted octanol–water partition coefficient (Wildman–Crippen LogP) is 2.76. The van der Waals surface area contributed by atoms with Crippen molar-refractivity contribution in [1.82, 2.24) is 15.5 Å². The molecule has 27 heavy (non-hydrogen) atoms.